The van der Waals surface area contributed by atoms with Gasteiger partial charge in [-0.1, -0.05) is 19.3 Å². The number of aliphatic hydroxyl groups is 1. The highest BCUT2D eigenvalue weighted by Crippen LogP contribution is 2.25. The van der Waals surface area contributed by atoms with Crippen molar-refractivity contribution in [2.24, 2.45) is 5.92 Å². The van der Waals surface area contributed by atoms with Crippen LogP contribution in [0.3, 0.4) is 0 Å². The van der Waals surface area contributed by atoms with E-state index in [4.69, 9.17) is 0 Å². The summed E-state index contributed by atoms with van der Waals surface area (Å²) in [5.41, 5.74) is -0.255. The first-order valence-electron chi connectivity index (χ1n) is 7.76. The predicted octanol–water partition coefficient (Wildman–Crippen LogP) is 3.04. The van der Waals surface area contributed by atoms with E-state index in [0.717, 1.165) is 44.2 Å². The number of hydrogen-bond acceptors (Lipinski definition) is 3. The van der Waals surface area contributed by atoms with Gasteiger partial charge in [-0.2, -0.15) is 0 Å². The number of rotatable bonds is 4. The molecule has 23 heavy (non-hydrogen) atoms. The number of carbonyl (C=O) groups excluding carboxylic acids is 1. The number of aliphatic hydroxyl groups excluding tert-OH is 1. The molecule has 5 nitrogen and oxygen atoms in total. The first kappa shape index (κ1) is 17.5. The van der Waals surface area contributed by atoms with E-state index in [0.29, 0.717) is 0 Å². The third kappa shape index (κ3) is 4.54. The zero-order valence-corrected chi connectivity index (χ0v) is 13.1. The molecule has 2 amide bonds. The van der Waals surface area contributed by atoms with Crippen LogP contribution < -0.4 is 15.4 Å². The molecule has 2 rings (SSSR count). The van der Waals surface area contributed by atoms with Crippen molar-refractivity contribution in [3.8, 4) is 5.75 Å². The number of methoxy groups -OCH3 is 1. The van der Waals surface area contributed by atoms with E-state index in [1.165, 1.54) is 7.11 Å². The molecule has 0 aromatic heterocycles. The standard InChI is InChI=1S/C16H22F2N2O3/c1-23-15-8-11(17)14(7-12(15)18)20-16(22)19-13-6-4-2-3-5-10(13)9-21/h7-8,10,13,21H,2-6,9H2,1H3,(H2,19,20,22). The van der Waals surface area contributed by atoms with Crippen molar-refractivity contribution in [3.63, 3.8) is 0 Å². The maximum atomic E-state index is 13.8. The van der Waals surface area contributed by atoms with Crippen LogP contribution in [0.25, 0.3) is 0 Å². The van der Waals surface area contributed by atoms with E-state index in [1.807, 2.05) is 0 Å². The maximum Gasteiger partial charge on any atom is 0.319 e. The Hall–Kier alpha value is -1.89. The summed E-state index contributed by atoms with van der Waals surface area (Å²) in [6, 6.07) is 0.977. The molecule has 3 N–H and O–H groups in total. The van der Waals surface area contributed by atoms with Crippen LogP contribution >= 0.6 is 0 Å². The molecule has 128 valence electrons. The van der Waals surface area contributed by atoms with Gasteiger partial charge in [0.2, 0.25) is 0 Å². The SMILES string of the molecule is COc1cc(F)c(NC(=O)NC2CCCCCC2CO)cc1F. The summed E-state index contributed by atoms with van der Waals surface area (Å²) in [4.78, 5) is 12.0. The van der Waals surface area contributed by atoms with Crippen molar-refractivity contribution in [3.05, 3.63) is 23.8 Å². The molecular weight excluding hydrogens is 306 g/mol. The molecule has 0 saturated heterocycles. The molecule has 1 saturated carbocycles. The van der Waals surface area contributed by atoms with Crippen LogP contribution in [-0.2, 0) is 0 Å². The molecule has 0 heterocycles. The van der Waals surface area contributed by atoms with E-state index >= 15 is 0 Å². The Morgan fingerprint density at radius 1 is 1.26 bits per heavy atom. The zero-order chi connectivity index (χ0) is 16.8. The van der Waals surface area contributed by atoms with Gasteiger partial charge in [-0.05, 0) is 12.8 Å². The molecule has 2 unspecified atom stereocenters. The van der Waals surface area contributed by atoms with E-state index in [2.05, 4.69) is 15.4 Å². The van der Waals surface area contributed by atoms with Crippen molar-refractivity contribution < 1.29 is 23.4 Å². The Balaban J connectivity index is 2.02. The highest BCUT2D eigenvalue weighted by atomic mass is 19.1. The Kier molecular flexibility index (Phi) is 6.15. The van der Waals surface area contributed by atoms with E-state index < -0.39 is 17.7 Å². The summed E-state index contributed by atoms with van der Waals surface area (Å²) in [5.74, 6) is -1.77. The summed E-state index contributed by atoms with van der Waals surface area (Å²) in [7, 11) is 1.23. The third-order valence-electron chi connectivity index (χ3n) is 4.20. The minimum Gasteiger partial charge on any atom is -0.494 e. The number of hydrogen-bond donors (Lipinski definition) is 3. The van der Waals surface area contributed by atoms with Crippen LogP contribution in [-0.4, -0.2) is 30.9 Å². The summed E-state index contributed by atoms with van der Waals surface area (Å²) in [5, 5.41) is 14.5. The van der Waals surface area contributed by atoms with Gasteiger partial charge in [-0.25, -0.2) is 13.6 Å². The lowest BCUT2D eigenvalue weighted by molar-refractivity contribution is 0.182. The fourth-order valence-corrected chi connectivity index (χ4v) is 2.90. The lowest BCUT2D eigenvalue weighted by atomic mass is 9.96. The maximum absolute atomic E-state index is 13.8. The second-order valence-electron chi connectivity index (χ2n) is 5.75. The largest absolute Gasteiger partial charge is 0.494 e. The van der Waals surface area contributed by atoms with E-state index in [9.17, 15) is 18.7 Å². The molecule has 0 spiro atoms. The van der Waals surface area contributed by atoms with Crippen molar-refractivity contribution in [2.75, 3.05) is 19.0 Å². The lowest BCUT2D eigenvalue weighted by Crippen LogP contribution is -2.43. The summed E-state index contributed by atoms with van der Waals surface area (Å²) >= 11 is 0. The normalized spacial score (nSPS) is 21.4. The van der Waals surface area contributed by atoms with Crippen LogP contribution in [0.15, 0.2) is 12.1 Å². The summed E-state index contributed by atoms with van der Waals surface area (Å²) < 4.78 is 32.1. The van der Waals surface area contributed by atoms with Crippen LogP contribution in [0.4, 0.5) is 19.3 Å². The summed E-state index contributed by atoms with van der Waals surface area (Å²) in [6.45, 7) is -0.00350. The topological polar surface area (TPSA) is 70.6 Å². The zero-order valence-electron chi connectivity index (χ0n) is 13.1. The van der Waals surface area contributed by atoms with Gasteiger partial charge < -0.3 is 20.5 Å². The molecule has 1 aromatic carbocycles. The first-order chi connectivity index (χ1) is 11.0. The van der Waals surface area contributed by atoms with Gasteiger partial charge in [-0.3, -0.25) is 0 Å². The number of nitrogens with one attached hydrogen (secondary N) is 2. The molecular formula is C16H22F2N2O3. The molecule has 1 aliphatic carbocycles. The van der Waals surface area contributed by atoms with Gasteiger partial charge in [0, 0.05) is 30.7 Å². The lowest BCUT2D eigenvalue weighted by Gasteiger charge is -2.24. The number of benzene rings is 1. The highest BCUT2D eigenvalue weighted by Gasteiger charge is 2.25. The Labute approximate surface area is 134 Å². The average molecular weight is 328 g/mol. The van der Waals surface area contributed by atoms with E-state index in [-0.39, 0.29) is 30.0 Å². The van der Waals surface area contributed by atoms with Crippen molar-refractivity contribution in [2.45, 2.75) is 38.1 Å². The van der Waals surface area contributed by atoms with Gasteiger partial charge in [0.1, 0.15) is 0 Å². The van der Waals surface area contributed by atoms with Crippen LogP contribution in [0.1, 0.15) is 32.1 Å². The van der Waals surface area contributed by atoms with Gasteiger partial charge in [-0.15, -0.1) is 0 Å². The quantitative estimate of drug-likeness (QED) is 0.744. The minimum absolute atomic E-state index is 0.00350. The third-order valence-corrected chi connectivity index (χ3v) is 4.20. The minimum atomic E-state index is -0.780. The monoisotopic (exact) mass is 328 g/mol. The molecule has 2 atom stereocenters. The average Bonchev–Trinajstić information content (AvgIpc) is 2.75. The highest BCUT2D eigenvalue weighted by molar-refractivity contribution is 5.89. The summed E-state index contributed by atoms with van der Waals surface area (Å²) in [6.07, 6.45) is 4.65. The number of anilines is 1. The molecule has 1 fully saturated rings. The molecule has 1 aliphatic rings. The Morgan fingerprint density at radius 3 is 2.70 bits per heavy atom. The Morgan fingerprint density at radius 2 is 2.00 bits per heavy atom. The van der Waals surface area contributed by atoms with Crippen LogP contribution in [0.5, 0.6) is 5.75 Å². The smallest absolute Gasteiger partial charge is 0.319 e. The number of urea groups is 1. The van der Waals surface area contributed by atoms with Gasteiger partial charge in [0.05, 0.1) is 12.8 Å². The Bertz CT molecular complexity index is 554. The molecule has 0 aliphatic heterocycles. The van der Waals surface area contributed by atoms with Crippen molar-refractivity contribution in [1.82, 2.24) is 5.32 Å². The van der Waals surface area contributed by atoms with E-state index in [1.54, 1.807) is 0 Å². The van der Waals surface area contributed by atoms with Gasteiger partial charge in [0.25, 0.3) is 0 Å². The number of ether oxygens (including phenoxy) is 1. The van der Waals surface area contributed by atoms with Crippen molar-refractivity contribution >= 4 is 11.7 Å². The molecule has 1 aromatic rings. The molecule has 0 bridgehead atoms. The molecule has 0 radical (unpaired) electrons. The van der Waals surface area contributed by atoms with Crippen LogP contribution in [0.2, 0.25) is 0 Å². The van der Waals surface area contributed by atoms with Gasteiger partial charge >= 0.3 is 6.03 Å². The van der Waals surface area contributed by atoms with Crippen molar-refractivity contribution in [1.29, 1.82) is 0 Å². The fraction of sp³-hybridized carbons (Fsp3) is 0.562. The molecule has 7 heteroatoms. The number of carbonyl (C=O) groups is 1. The first-order valence-corrected chi connectivity index (χ1v) is 7.76. The second-order valence-corrected chi connectivity index (χ2v) is 5.75. The number of halogens is 2. The predicted molar refractivity (Wildman–Crippen MR) is 82.5 cm³/mol. The fourth-order valence-electron chi connectivity index (χ4n) is 2.90. The second kappa shape index (κ2) is 8.10. The number of amides is 2. The van der Waals surface area contributed by atoms with Crippen LogP contribution in [0, 0.1) is 17.6 Å². The van der Waals surface area contributed by atoms with Gasteiger partial charge in [0.15, 0.2) is 17.4 Å².